The molecule has 1 N–H and O–H groups in total. The highest BCUT2D eigenvalue weighted by atomic mass is 32.1. The summed E-state index contributed by atoms with van der Waals surface area (Å²) in [6.45, 7) is 1.75. The number of carbonyl (C=O) groups is 1. The third kappa shape index (κ3) is 2.80. The number of nitrogens with one attached hydrogen (secondary N) is 1. The van der Waals surface area contributed by atoms with Gasteiger partial charge < -0.3 is 9.88 Å². The highest BCUT2D eigenvalue weighted by Crippen LogP contribution is 2.34. The molecule has 0 unspecified atom stereocenters. The number of fused-ring (bicyclic) bond motifs is 3. The summed E-state index contributed by atoms with van der Waals surface area (Å²) in [5.41, 5.74) is 1.17. The molecule has 2 aromatic heterocycles. The fourth-order valence-corrected chi connectivity index (χ4v) is 4.97. The van der Waals surface area contributed by atoms with E-state index in [4.69, 9.17) is 0 Å². The van der Waals surface area contributed by atoms with E-state index in [-0.39, 0.29) is 11.5 Å². The van der Waals surface area contributed by atoms with E-state index in [1.54, 1.807) is 11.3 Å². The molecule has 4 rings (SSSR count). The molecule has 1 aliphatic carbocycles. The Labute approximate surface area is 138 Å². The Morgan fingerprint density at radius 3 is 2.83 bits per heavy atom. The third-order valence-corrected chi connectivity index (χ3v) is 6.09. The lowest BCUT2D eigenvalue weighted by molar-refractivity contribution is -0.132. The van der Waals surface area contributed by atoms with Gasteiger partial charge in [0, 0.05) is 30.8 Å². The maximum atomic E-state index is 12.4. The number of aryl methyl sites for hydroxylation is 3. The molecule has 6 heteroatoms. The maximum absolute atomic E-state index is 12.4. The van der Waals surface area contributed by atoms with Crippen molar-refractivity contribution < 1.29 is 4.79 Å². The van der Waals surface area contributed by atoms with Crippen molar-refractivity contribution in [3.63, 3.8) is 0 Å². The second-order valence-electron chi connectivity index (χ2n) is 6.49. The Bertz CT molecular complexity index is 802. The SMILES string of the molecule is O=C(CCc1nc2sc3c(c2c(=O)[nH]1)CCC3)N1CCCCC1. The van der Waals surface area contributed by atoms with Crippen LogP contribution in [0.4, 0.5) is 0 Å². The normalized spacial score (nSPS) is 17.7. The number of amides is 1. The molecule has 122 valence electrons. The molecule has 1 aliphatic heterocycles. The number of likely N-dealkylation sites (tertiary alicyclic amines) is 1. The molecule has 0 atom stereocenters. The molecule has 0 spiro atoms. The van der Waals surface area contributed by atoms with Crippen LogP contribution in [0.25, 0.3) is 10.2 Å². The Balaban J connectivity index is 1.51. The van der Waals surface area contributed by atoms with Gasteiger partial charge in [-0.2, -0.15) is 0 Å². The smallest absolute Gasteiger partial charge is 0.259 e. The summed E-state index contributed by atoms with van der Waals surface area (Å²) in [7, 11) is 0. The minimum absolute atomic E-state index is 0.0326. The van der Waals surface area contributed by atoms with Crippen LogP contribution >= 0.6 is 11.3 Å². The first-order chi connectivity index (χ1) is 11.2. The molecule has 0 bridgehead atoms. The van der Waals surface area contributed by atoms with Crippen LogP contribution in [0.3, 0.4) is 0 Å². The second-order valence-corrected chi connectivity index (χ2v) is 7.58. The number of hydrogen-bond acceptors (Lipinski definition) is 4. The van der Waals surface area contributed by atoms with Crippen molar-refractivity contribution in [1.82, 2.24) is 14.9 Å². The van der Waals surface area contributed by atoms with Crippen LogP contribution in [0.15, 0.2) is 4.79 Å². The van der Waals surface area contributed by atoms with Crippen molar-refractivity contribution in [3.05, 3.63) is 26.6 Å². The van der Waals surface area contributed by atoms with E-state index in [1.165, 1.54) is 16.9 Å². The van der Waals surface area contributed by atoms with Gasteiger partial charge in [-0.15, -0.1) is 11.3 Å². The van der Waals surface area contributed by atoms with Gasteiger partial charge in [0.1, 0.15) is 10.7 Å². The Morgan fingerprint density at radius 1 is 1.17 bits per heavy atom. The van der Waals surface area contributed by atoms with Crippen LogP contribution in [0.1, 0.15) is 48.4 Å². The van der Waals surface area contributed by atoms with Gasteiger partial charge in [-0.25, -0.2) is 4.98 Å². The van der Waals surface area contributed by atoms with Gasteiger partial charge >= 0.3 is 0 Å². The lowest BCUT2D eigenvalue weighted by Crippen LogP contribution is -2.35. The van der Waals surface area contributed by atoms with Crippen LogP contribution in [0.5, 0.6) is 0 Å². The van der Waals surface area contributed by atoms with E-state index < -0.39 is 0 Å². The molecule has 0 radical (unpaired) electrons. The first kappa shape index (κ1) is 14.9. The van der Waals surface area contributed by atoms with Crippen molar-refractivity contribution >= 4 is 27.5 Å². The number of H-pyrrole nitrogens is 1. The average Bonchev–Trinajstić information content (AvgIpc) is 3.13. The largest absolute Gasteiger partial charge is 0.343 e. The van der Waals surface area contributed by atoms with E-state index in [9.17, 15) is 9.59 Å². The predicted molar refractivity (Wildman–Crippen MR) is 91.0 cm³/mol. The Hall–Kier alpha value is -1.69. The second kappa shape index (κ2) is 6.07. The summed E-state index contributed by atoms with van der Waals surface area (Å²) < 4.78 is 0. The van der Waals surface area contributed by atoms with Crippen molar-refractivity contribution in [2.45, 2.75) is 51.4 Å². The summed E-state index contributed by atoms with van der Waals surface area (Å²) in [4.78, 5) is 36.2. The zero-order chi connectivity index (χ0) is 15.8. The van der Waals surface area contributed by atoms with Gasteiger partial charge in [0.05, 0.1) is 5.39 Å². The van der Waals surface area contributed by atoms with E-state index in [2.05, 4.69) is 9.97 Å². The topological polar surface area (TPSA) is 66.1 Å². The van der Waals surface area contributed by atoms with E-state index in [1.807, 2.05) is 4.90 Å². The third-order valence-electron chi connectivity index (χ3n) is 4.91. The van der Waals surface area contributed by atoms with Crippen molar-refractivity contribution in [1.29, 1.82) is 0 Å². The highest BCUT2D eigenvalue weighted by Gasteiger charge is 2.21. The molecule has 2 aliphatic rings. The average molecular weight is 331 g/mol. The quantitative estimate of drug-likeness (QED) is 0.939. The zero-order valence-electron chi connectivity index (χ0n) is 13.2. The summed E-state index contributed by atoms with van der Waals surface area (Å²) >= 11 is 1.65. The molecule has 3 heterocycles. The van der Waals surface area contributed by atoms with Gasteiger partial charge in [-0.1, -0.05) is 0 Å². The number of aromatic nitrogens is 2. The molecule has 1 saturated heterocycles. The molecule has 5 nitrogen and oxygen atoms in total. The van der Waals surface area contributed by atoms with Crippen molar-refractivity contribution in [3.8, 4) is 0 Å². The highest BCUT2D eigenvalue weighted by molar-refractivity contribution is 7.18. The minimum atomic E-state index is -0.0326. The van der Waals surface area contributed by atoms with Crippen LogP contribution < -0.4 is 5.56 Å². The summed E-state index contributed by atoms with van der Waals surface area (Å²) in [5, 5.41) is 0.786. The van der Waals surface area contributed by atoms with Gasteiger partial charge in [0.2, 0.25) is 5.91 Å². The maximum Gasteiger partial charge on any atom is 0.259 e. The molecular weight excluding hydrogens is 310 g/mol. The summed E-state index contributed by atoms with van der Waals surface area (Å²) in [6, 6.07) is 0. The number of nitrogens with zero attached hydrogens (tertiary/aromatic N) is 2. The standard InChI is InChI=1S/C17H21N3O2S/c21-14(20-9-2-1-3-10-20)8-7-13-18-16(22)15-11-5-4-6-12(11)23-17(15)19-13/h1-10H2,(H,18,19,22). The molecule has 0 aromatic carbocycles. The van der Waals surface area contributed by atoms with Gasteiger partial charge in [-0.05, 0) is 44.1 Å². The van der Waals surface area contributed by atoms with Crippen LogP contribution in [0.2, 0.25) is 0 Å². The monoisotopic (exact) mass is 331 g/mol. The lowest BCUT2D eigenvalue weighted by Gasteiger charge is -2.26. The first-order valence-corrected chi connectivity index (χ1v) is 9.35. The number of thiophene rings is 1. The number of piperidine rings is 1. The van der Waals surface area contributed by atoms with Crippen LogP contribution in [-0.2, 0) is 24.1 Å². The zero-order valence-corrected chi connectivity index (χ0v) is 14.0. The van der Waals surface area contributed by atoms with Crippen molar-refractivity contribution in [2.24, 2.45) is 0 Å². The number of carbonyl (C=O) groups excluding carboxylic acids is 1. The van der Waals surface area contributed by atoms with Gasteiger partial charge in [0.25, 0.3) is 5.56 Å². The molecule has 1 amide bonds. The lowest BCUT2D eigenvalue weighted by atomic mass is 10.1. The van der Waals surface area contributed by atoms with E-state index in [0.717, 1.165) is 55.4 Å². The van der Waals surface area contributed by atoms with Gasteiger partial charge in [0.15, 0.2) is 0 Å². The van der Waals surface area contributed by atoms with Crippen molar-refractivity contribution in [2.75, 3.05) is 13.1 Å². The summed E-state index contributed by atoms with van der Waals surface area (Å²) in [6.07, 6.45) is 7.58. The molecule has 0 saturated carbocycles. The number of aromatic amines is 1. The first-order valence-electron chi connectivity index (χ1n) is 8.53. The fourth-order valence-electron chi connectivity index (χ4n) is 3.69. The van der Waals surface area contributed by atoms with Crippen LogP contribution in [-0.4, -0.2) is 33.9 Å². The molecule has 2 aromatic rings. The number of rotatable bonds is 3. The predicted octanol–water partition coefficient (Wildman–Crippen LogP) is 2.42. The molecule has 1 fully saturated rings. The van der Waals surface area contributed by atoms with Gasteiger partial charge in [-0.3, -0.25) is 9.59 Å². The fraction of sp³-hybridized carbons (Fsp3) is 0.588. The van der Waals surface area contributed by atoms with E-state index >= 15 is 0 Å². The summed E-state index contributed by atoms with van der Waals surface area (Å²) in [5.74, 6) is 0.828. The molecule has 23 heavy (non-hydrogen) atoms. The minimum Gasteiger partial charge on any atom is -0.343 e. The number of hydrogen-bond donors (Lipinski definition) is 1. The van der Waals surface area contributed by atoms with E-state index in [0.29, 0.717) is 18.7 Å². The Morgan fingerprint density at radius 2 is 2.00 bits per heavy atom. The Kier molecular flexibility index (Phi) is 3.93. The molecular formula is C17H21N3O2S. The van der Waals surface area contributed by atoms with Crippen LogP contribution in [0, 0.1) is 0 Å².